The summed E-state index contributed by atoms with van der Waals surface area (Å²) in [6.45, 7) is 1.77. The molecule has 152 valence electrons. The van der Waals surface area contributed by atoms with Gasteiger partial charge in [0.25, 0.3) is 5.91 Å². The van der Waals surface area contributed by atoms with Crippen LogP contribution < -0.4 is 0 Å². The minimum absolute atomic E-state index is 0.0186. The molecule has 1 aromatic heterocycles. The Kier molecular flexibility index (Phi) is 5.25. The van der Waals surface area contributed by atoms with Gasteiger partial charge in [0.15, 0.2) is 15.6 Å². The predicted octanol–water partition coefficient (Wildman–Crippen LogP) is 4.47. The van der Waals surface area contributed by atoms with Crippen molar-refractivity contribution >= 4 is 42.6 Å². The number of rotatable bonds is 4. The minimum Gasteiger partial charge on any atom is -0.451 e. The summed E-state index contributed by atoms with van der Waals surface area (Å²) in [6, 6.07) is 11.1. The lowest BCUT2D eigenvalue weighted by molar-refractivity contribution is 0.0647. The van der Waals surface area contributed by atoms with E-state index >= 15 is 0 Å². The SMILES string of the molecule is Cc1c(C(=O)N(Cc2ccccc2F)C2CCS(=O)(=O)C2)oc2ccc(Br)cc12. The van der Waals surface area contributed by atoms with Gasteiger partial charge >= 0.3 is 0 Å². The number of aryl methyl sites for hydroxylation is 1. The van der Waals surface area contributed by atoms with Crippen molar-refractivity contribution in [1.82, 2.24) is 4.90 Å². The summed E-state index contributed by atoms with van der Waals surface area (Å²) in [6.07, 6.45) is 0.327. The Labute approximate surface area is 176 Å². The minimum atomic E-state index is -3.22. The monoisotopic (exact) mass is 479 g/mol. The van der Waals surface area contributed by atoms with E-state index in [1.54, 1.807) is 31.2 Å². The smallest absolute Gasteiger partial charge is 0.290 e. The maximum Gasteiger partial charge on any atom is 0.290 e. The number of fused-ring (bicyclic) bond motifs is 1. The Morgan fingerprint density at radius 3 is 2.72 bits per heavy atom. The molecule has 1 amide bonds. The lowest BCUT2D eigenvalue weighted by Crippen LogP contribution is -2.41. The van der Waals surface area contributed by atoms with Gasteiger partial charge < -0.3 is 9.32 Å². The summed E-state index contributed by atoms with van der Waals surface area (Å²) in [4.78, 5) is 14.9. The molecule has 4 rings (SSSR count). The van der Waals surface area contributed by atoms with Crippen LogP contribution in [0.15, 0.2) is 51.4 Å². The third-order valence-corrected chi connectivity index (χ3v) is 7.54. The molecule has 2 heterocycles. The van der Waals surface area contributed by atoms with E-state index in [0.29, 0.717) is 23.1 Å². The highest BCUT2D eigenvalue weighted by atomic mass is 79.9. The number of halogens is 2. The lowest BCUT2D eigenvalue weighted by atomic mass is 10.1. The van der Waals surface area contributed by atoms with E-state index in [1.165, 1.54) is 11.0 Å². The number of amides is 1. The first kappa shape index (κ1) is 20.1. The maximum atomic E-state index is 14.3. The van der Waals surface area contributed by atoms with Crippen molar-refractivity contribution in [3.8, 4) is 0 Å². The summed E-state index contributed by atoms with van der Waals surface area (Å²) < 4.78 is 45.0. The molecule has 1 saturated heterocycles. The van der Waals surface area contributed by atoms with Crippen molar-refractivity contribution in [1.29, 1.82) is 0 Å². The molecule has 0 saturated carbocycles. The predicted molar refractivity (Wildman–Crippen MR) is 112 cm³/mol. The molecule has 1 fully saturated rings. The first-order chi connectivity index (χ1) is 13.7. The third-order valence-electron chi connectivity index (χ3n) is 5.30. The Hall–Kier alpha value is -2.19. The van der Waals surface area contributed by atoms with Crippen molar-refractivity contribution in [3.63, 3.8) is 0 Å². The first-order valence-electron chi connectivity index (χ1n) is 9.18. The van der Waals surface area contributed by atoms with Gasteiger partial charge in [-0.1, -0.05) is 34.1 Å². The van der Waals surface area contributed by atoms with Gasteiger partial charge in [-0.15, -0.1) is 0 Å². The van der Waals surface area contributed by atoms with Crippen LogP contribution in [0.5, 0.6) is 0 Å². The summed E-state index contributed by atoms with van der Waals surface area (Å²) in [5.74, 6) is -0.821. The average molecular weight is 480 g/mol. The van der Waals surface area contributed by atoms with Crippen molar-refractivity contribution in [2.45, 2.75) is 25.9 Å². The standard InChI is InChI=1S/C21H19BrFNO4S/c1-13-17-10-15(22)6-7-19(17)28-20(13)21(25)24(16-8-9-29(26,27)12-16)11-14-4-2-3-5-18(14)23/h2-7,10,16H,8-9,11-12H2,1H3. The Balaban J connectivity index is 1.75. The molecular weight excluding hydrogens is 461 g/mol. The van der Waals surface area contributed by atoms with Crippen LogP contribution in [0.3, 0.4) is 0 Å². The molecule has 5 nitrogen and oxygen atoms in total. The quantitative estimate of drug-likeness (QED) is 0.553. The van der Waals surface area contributed by atoms with E-state index in [-0.39, 0.29) is 23.8 Å². The topological polar surface area (TPSA) is 67.6 Å². The largest absolute Gasteiger partial charge is 0.451 e. The van der Waals surface area contributed by atoms with Crippen molar-refractivity contribution in [2.24, 2.45) is 0 Å². The molecule has 0 radical (unpaired) electrons. The van der Waals surface area contributed by atoms with Gasteiger partial charge in [-0.2, -0.15) is 0 Å². The summed E-state index contributed by atoms with van der Waals surface area (Å²) in [5, 5.41) is 0.799. The maximum absolute atomic E-state index is 14.3. The van der Waals surface area contributed by atoms with Crippen LogP contribution in [-0.4, -0.2) is 36.8 Å². The Morgan fingerprint density at radius 1 is 1.28 bits per heavy atom. The highest BCUT2D eigenvalue weighted by Gasteiger charge is 2.37. The Morgan fingerprint density at radius 2 is 2.03 bits per heavy atom. The van der Waals surface area contributed by atoms with Crippen LogP contribution in [0.2, 0.25) is 0 Å². The fraction of sp³-hybridized carbons (Fsp3) is 0.286. The molecule has 29 heavy (non-hydrogen) atoms. The number of carbonyl (C=O) groups is 1. The van der Waals surface area contributed by atoms with E-state index in [9.17, 15) is 17.6 Å². The first-order valence-corrected chi connectivity index (χ1v) is 11.8. The summed E-state index contributed by atoms with van der Waals surface area (Å²) in [5.41, 5.74) is 1.58. The van der Waals surface area contributed by atoms with Crippen molar-refractivity contribution in [2.75, 3.05) is 11.5 Å². The third kappa shape index (κ3) is 3.96. The van der Waals surface area contributed by atoms with Gasteiger partial charge in [-0.3, -0.25) is 4.79 Å². The summed E-state index contributed by atoms with van der Waals surface area (Å²) >= 11 is 3.42. The molecule has 0 spiro atoms. The van der Waals surface area contributed by atoms with Gasteiger partial charge in [0.2, 0.25) is 0 Å². The second-order valence-electron chi connectivity index (χ2n) is 7.28. The number of hydrogen-bond acceptors (Lipinski definition) is 4. The number of furan rings is 1. The van der Waals surface area contributed by atoms with E-state index in [0.717, 1.165) is 9.86 Å². The highest BCUT2D eigenvalue weighted by molar-refractivity contribution is 9.10. The molecule has 1 atom stereocenters. The van der Waals surface area contributed by atoms with E-state index in [4.69, 9.17) is 4.42 Å². The van der Waals surface area contributed by atoms with Crippen LogP contribution in [-0.2, 0) is 16.4 Å². The van der Waals surface area contributed by atoms with Gasteiger partial charge in [-0.05, 0) is 37.6 Å². The van der Waals surface area contributed by atoms with Crippen LogP contribution in [0.25, 0.3) is 11.0 Å². The normalized spacial score (nSPS) is 18.2. The second-order valence-corrected chi connectivity index (χ2v) is 10.4. The van der Waals surface area contributed by atoms with E-state index in [1.807, 2.05) is 12.1 Å². The molecule has 8 heteroatoms. The Bertz CT molecular complexity index is 1200. The molecule has 1 unspecified atom stereocenters. The van der Waals surface area contributed by atoms with Crippen LogP contribution in [0.4, 0.5) is 4.39 Å². The number of hydrogen-bond donors (Lipinski definition) is 0. The highest BCUT2D eigenvalue weighted by Crippen LogP contribution is 2.31. The molecule has 3 aromatic rings. The molecule has 2 aromatic carbocycles. The van der Waals surface area contributed by atoms with E-state index < -0.39 is 27.6 Å². The van der Waals surface area contributed by atoms with Crippen LogP contribution in [0, 0.1) is 12.7 Å². The van der Waals surface area contributed by atoms with Gasteiger partial charge in [0, 0.05) is 33.6 Å². The number of benzene rings is 2. The van der Waals surface area contributed by atoms with Crippen LogP contribution >= 0.6 is 15.9 Å². The molecule has 0 bridgehead atoms. The number of sulfone groups is 1. The fourth-order valence-corrected chi connectivity index (χ4v) is 5.82. The zero-order valence-electron chi connectivity index (χ0n) is 15.7. The second kappa shape index (κ2) is 7.57. The number of carbonyl (C=O) groups excluding carboxylic acids is 1. The van der Waals surface area contributed by atoms with Crippen LogP contribution in [0.1, 0.15) is 28.1 Å². The van der Waals surface area contributed by atoms with Gasteiger partial charge in [0.1, 0.15) is 11.4 Å². The fourth-order valence-electron chi connectivity index (χ4n) is 3.73. The zero-order valence-corrected chi connectivity index (χ0v) is 18.1. The molecule has 0 aliphatic carbocycles. The molecule has 1 aliphatic rings. The molecule has 1 aliphatic heterocycles. The summed E-state index contributed by atoms with van der Waals surface area (Å²) in [7, 11) is -3.22. The molecule has 0 N–H and O–H groups in total. The van der Waals surface area contributed by atoms with E-state index in [2.05, 4.69) is 15.9 Å². The average Bonchev–Trinajstić information content (AvgIpc) is 3.20. The zero-order chi connectivity index (χ0) is 20.8. The molecular formula is C21H19BrFNO4S. The van der Waals surface area contributed by atoms with Gasteiger partial charge in [0.05, 0.1) is 11.5 Å². The lowest BCUT2D eigenvalue weighted by Gasteiger charge is -2.28. The van der Waals surface area contributed by atoms with Crippen molar-refractivity contribution in [3.05, 3.63) is 69.6 Å². The van der Waals surface area contributed by atoms with Crippen molar-refractivity contribution < 1.29 is 22.0 Å². The van der Waals surface area contributed by atoms with Gasteiger partial charge in [-0.25, -0.2) is 12.8 Å². The number of nitrogens with zero attached hydrogens (tertiary/aromatic N) is 1.